The molecule has 0 heterocycles. The topological polar surface area (TPSA) is 75.3 Å². The fourth-order valence-corrected chi connectivity index (χ4v) is 3.83. The minimum atomic E-state index is -3.70. The smallest absolute Gasteiger partial charge is 0.261 e. The number of amides is 1. The highest BCUT2D eigenvalue weighted by atomic mass is 32.2. The van der Waals surface area contributed by atoms with Gasteiger partial charge in [-0.05, 0) is 60.0 Å². The molecule has 4 rings (SSSR count). The van der Waals surface area contributed by atoms with Crippen LogP contribution in [0.2, 0.25) is 0 Å². The first kappa shape index (κ1) is 16.6. The van der Waals surface area contributed by atoms with Gasteiger partial charge in [0.2, 0.25) is 0 Å². The molecular formula is C20H18N2O3S. The Morgan fingerprint density at radius 2 is 1.58 bits per heavy atom. The maximum Gasteiger partial charge on any atom is 0.261 e. The Hall–Kier alpha value is -2.86. The Morgan fingerprint density at radius 1 is 0.885 bits per heavy atom. The number of hydrogen-bond acceptors (Lipinski definition) is 3. The SMILES string of the molecule is O=C(NC1CC1)c1ccc(NS(=O)(=O)c2ccc3ccccc3c2)cc1. The second-order valence-electron chi connectivity index (χ2n) is 6.44. The van der Waals surface area contributed by atoms with Crippen LogP contribution in [0.4, 0.5) is 5.69 Å². The van der Waals surface area contributed by atoms with Gasteiger partial charge in [-0.1, -0.05) is 30.3 Å². The van der Waals surface area contributed by atoms with Crippen molar-refractivity contribution in [3.8, 4) is 0 Å². The molecule has 2 N–H and O–H groups in total. The van der Waals surface area contributed by atoms with E-state index in [-0.39, 0.29) is 16.8 Å². The lowest BCUT2D eigenvalue weighted by Gasteiger charge is -2.10. The first-order chi connectivity index (χ1) is 12.5. The predicted octanol–water partition coefficient (Wildman–Crippen LogP) is 3.53. The van der Waals surface area contributed by atoms with Crippen LogP contribution in [-0.2, 0) is 10.0 Å². The lowest BCUT2D eigenvalue weighted by Crippen LogP contribution is -2.25. The number of nitrogens with one attached hydrogen (secondary N) is 2. The molecule has 1 saturated carbocycles. The highest BCUT2D eigenvalue weighted by molar-refractivity contribution is 7.92. The lowest BCUT2D eigenvalue weighted by atomic mass is 10.1. The van der Waals surface area contributed by atoms with E-state index in [1.165, 1.54) is 0 Å². The third-order valence-electron chi connectivity index (χ3n) is 4.34. The summed E-state index contributed by atoms with van der Waals surface area (Å²) in [5.74, 6) is -0.128. The number of rotatable bonds is 5. The van der Waals surface area contributed by atoms with E-state index in [0.717, 1.165) is 23.6 Å². The van der Waals surface area contributed by atoms with E-state index in [4.69, 9.17) is 0 Å². The van der Waals surface area contributed by atoms with Crippen molar-refractivity contribution in [1.29, 1.82) is 0 Å². The van der Waals surface area contributed by atoms with Crippen molar-refractivity contribution in [2.24, 2.45) is 0 Å². The van der Waals surface area contributed by atoms with E-state index >= 15 is 0 Å². The van der Waals surface area contributed by atoms with E-state index in [1.54, 1.807) is 42.5 Å². The van der Waals surface area contributed by atoms with E-state index in [9.17, 15) is 13.2 Å². The van der Waals surface area contributed by atoms with Crippen LogP contribution in [0.25, 0.3) is 10.8 Å². The van der Waals surface area contributed by atoms with E-state index in [2.05, 4.69) is 10.0 Å². The van der Waals surface area contributed by atoms with Gasteiger partial charge in [-0.2, -0.15) is 0 Å². The molecule has 0 spiro atoms. The molecule has 6 heteroatoms. The molecule has 0 unspecified atom stereocenters. The van der Waals surface area contributed by atoms with Crippen LogP contribution in [-0.4, -0.2) is 20.4 Å². The molecule has 1 fully saturated rings. The summed E-state index contributed by atoms with van der Waals surface area (Å²) in [5.41, 5.74) is 0.937. The van der Waals surface area contributed by atoms with Gasteiger partial charge in [-0.15, -0.1) is 0 Å². The van der Waals surface area contributed by atoms with Crippen LogP contribution >= 0.6 is 0 Å². The van der Waals surface area contributed by atoms with Gasteiger partial charge in [0, 0.05) is 17.3 Å². The Labute approximate surface area is 152 Å². The van der Waals surface area contributed by atoms with Crippen molar-refractivity contribution in [2.75, 3.05) is 4.72 Å². The molecule has 1 aliphatic carbocycles. The number of carbonyl (C=O) groups is 1. The quantitative estimate of drug-likeness (QED) is 0.725. The van der Waals surface area contributed by atoms with Crippen molar-refractivity contribution in [1.82, 2.24) is 5.32 Å². The standard InChI is InChI=1S/C20H18N2O3S/c23-20(21-17-10-11-17)15-5-8-18(9-6-15)22-26(24,25)19-12-7-14-3-1-2-4-16(14)13-19/h1-9,12-13,17,22H,10-11H2,(H,21,23). The zero-order chi connectivity index (χ0) is 18.1. The third-order valence-corrected chi connectivity index (χ3v) is 5.72. The fraction of sp³-hybridized carbons (Fsp3) is 0.150. The average Bonchev–Trinajstić information content (AvgIpc) is 3.45. The van der Waals surface area contributed by atoms with Gasteiger partial charge in [0.05, 0.1) is 4.90 Å². The molecule has 0 atom stereocenters. The summed E-state index contributed by atoms with van der Waals surface area (Å²) >= 11 is 0. The molecule has 5 nitrogen and oxygen atoms in total. The molecule has 1 aliphatic rings. The van der Waals surface area contributed by atoms with Crippen LogP contribution < -0.4 is 10.0 Å². The van der Waals surface area contributed by atoms with Crippen LogP contribution in [0, 0.1) is 0 Å². The van der Waals surface area contributed by atoms with Crippen molar-refractivity contribution < 1.29 is 13.2 Å². The fourth-order valence-electron chi connectivity index (χ4n) is 2.73. The van der Waals surface area contributed by atoms with E-state index in [0.29, 0.717) is 11.3 Å². The van der Waals surface area contributed by atoms with Gasteiger partial charge in [0.1, 0.15) is 0 Å². The molecule has 0 radical (unpaired) electrons. The van der Waals surface area contributed by atoms with Crippen LogP contribution in [0.5, 0.6) is 0 Å². The summed E-state index contributed by atoms with van der Waals surface area (Å²) in [5, 5.41) is 4.75. The molecule has 0 saturated heterocycles. The number of hydrogen-bond donors (Lipinski definition) is 2. The summed E-state index contributed by atoms with van der Waals surface area (Å²) in [6, 6.07) is 19.3. The van der Waals surface area contributed by atoms with Gasteiger partial charge < -0.3 is 5.32 Å². The number of carbonyl (C=O) groups excluding carboxylic acids is 1. The van der Waals surface area contributed by atoms with Gasteiger partial charge in [0.15, 0.2) is 0 Å². The number of anilines is 1. The minimum Gasteiger partial charge on any atom is -0.349 e. The number of sulfonamides is 1. The summed E-state index contributed by atoms with van der Waals surface area (Å²) in [7, 11) is -3.70. The molecule has 0 aromatic heterocycles. The van der Waals surface area contributed by atoms with Gasteiger partial charge >= 0.3 is 0 Å². The van der Waals surface area contributed by atoms with Gasteiger partial charge in [-0.25, -0.2) is 8.42 Å². The monoisotopic (exact) mass is 366 g/mol. The molecule has 3 aromatic rings. The predicted molar refractivity (Wildman–Crippen MR) is 102 cm³/mol. The first-order valence-electron chi connectivity index (χ1n) is 8.44. The Morgan fingerprint density at radius 3 is 2.27 bits per heavy atom. The zero-order valence-corrected chi connectivity index (χ0v) is 14.8. The highest BCUT2D eigenvalue weighted by Crippen LogP contribution is 2.22. The van der Waals surface area contributed by atoms with E-state index in [1.807, 2.05) is 24.3 Å². The normalized spacial score (nSPS) is 14.2. The molecule has 3 aromatic carbocycles. The molecule has 0 bridgehead atoms. The molecule has 26 heavy (non-hydrogen) atoms. The summed E-state index contributed by atoms with van der Waals surface area (Å²) in [6.45, 7) is 0. The maximum atomic E-state index is 12.6. The number of benzene rings is 3. The summed E-state index contributed by atoms with van der Waals surface area (Å²) in [6.07, 6.45) is 2.05. The largest absolute Gasteiger partial charge is 0.349 e. The molecular weight excluding hydrogens is 348 g/mol. The van der Waals surface area contributed by atoms with Crippen molar-refractivity contribution in [2.45, 2.75) is 23.8 Å². The van der Waals surface area contributed by atoms with Crippen molar-refractivity contribution in [3.05, 3.63) is 72.3 Å². The van der Waals surface area contributed by atoms with Crippen LogP contribution in [0.3, 0.4) is 0 Å². The van der Waals surface area contributed by atoms with E-state index < -0.39 is 10.0 Å². The lowest BCUT2D eigenvalue weighted by molar-refractivity contribution is 0.0951. The summed E-state index contributed by atoms with van der Waals surface area (Å²) in [4.78, 5) is 12.2. The molecule has 1 amide bonds. The van der Waals surface area contributed by atoms with Gasteiger partial charge in [-0.3, -0.25) is 9.52 Å². The minimum absolute atomic E-state index is 0.128. The van der Waals surface area contributed by atoms with Crippen LogP contribution in [0.15, 0.2) is 71.6 Å². The Balaban J connectivity index is 1.53. The number of fused-ring (bicyclic) bond motifs is 1. The van der Waals surface area contributed by atoms with Crippen molar-refractivity contribution >= 4 is 32.4 Å². The zero-order valence-electron chi connectivity index (χ0n) is 14.0. The summed E-state index contributed by atoms with van der Waals surface area (Å²) < 4.78 is 27.8. The molecule has 132 valence electrons. The highest BCUT2D eigenvalue weighted by Gasteiger charge is 2.23. The average molecular weight is 366 g/mol. The second-order valence-corrected chi connectivity index (χ2v) is 8.12. The first-order valence-corrected chi connectivity index (χ1v) is 9.92. The molecule has 0 aliphatic heterocycles. The van der Waals surface area contributed by atoms with Gasteiger partial charge in [0.25, 0.3) is 15.9 Å². The Bertz CT molecular complexity index is 1070. The Kier molecular flexibility index (Phi) is 4.12. The second kappa shape index (κ2) is 6.46. The third kappa shape index (κ3) is 3.55. The maximum absolute atomic E-state index is 12.6. The van der Waals surface area contributed by atoms with Crippen LogP contribution in [0.1, 0.15) is 23.2 Å². The van der Waals surface area contributed by atoms with Crippen molar-refractivity contribution in [3.63, 3.8) is 0 Å².